The molecule has 4 aromatic carbocycles. The number of benzene rings is 4. The monoisotopic (exact) mass is 491 g/mol. The van der Waals surface area contributed by atoms with E-state index < -0.39 is 0 Å². The van der Waals surface area contributed by atoms with Crippen LogP contribution in [-0.2, 0) is 0 Å². The first-order valence-electron chi connectivity index (χ1n) is 11.9. The normalized spacial score (nSPS) is 11.7. The van der Waals surface area contributed by atoms with E-state index in [1.165, 1.54) is 31.3 Å². The molecule has 1 N–H and O–H groups in total. The number of rotatable bonds is 8. The first-order valence-corrected chi connectivity index (χ1v) is 13.9. The minimum atomic E-state index is 0.966. The molecule has 0 saturated heterocycles. The molecule has 5 heteroatoms. The SMILES string of the molecule is c1ccc2c(SCCNCCSc3c4ccccc4nc4ccccc34)c3ccccc3nc2c1. The summed E-state index contributed by atoms with van der Waals surface area (Å²) in [6.45, 7) is 1.93. The molecule has 0 aliphatic heterocycles. The van der Waals surface area contributed by atoms with Crippen molar-refractivity contribution in [1.82, 2.24) is 15.3 Å². The Morgan fingerprint density at radius 1 is 0.457 bits per heavy atom. The number of fused-ring (bicyclic) bond motifs is 4. The van der Waals surface area contributed by atoms with Gasteiger partial charge in [0.2, 0.25) is 0 Å². The zero-order valence-corrected chi connectivity index (χ0v) is 20.9. The van der Waals surface area contributed by atoms with Gasteiger partial charge in [0.15, 0.2) is 0 Å². The molecule has 0 saturated carbocycles. The Hall–Kier alpha value is -3.12. The van der Waals surface area contributed by atoms with Gasteiger partial charge in [0, 0.05) is 55.9 Å². The van der Waals surface area contributed by atoms with Crippen LogP contribution >= 0.6 is 23.5 Å². The van der Waals surface area contributed by atoms with Crippen LogP contribution in [0.4, 0.5) is 0 Å². The Kier molecular flexibility index (Phi) is 6.54. The molecular weight excluding hydrogens is 466 g/mol. The van der Waals surface area contributed by atoms with Gasteiger partial charge in [-0.05, 0) is 24.3 Å². The summed E-state index contributed by atoms with van der Waals surface area (Å²) in [6, 6.07) is 33.8. The van der Waals surface area contributed by atoms with E-state index in [1.807, 2.05) is 23.5 Å². The van der Waals surface area contributed by atoms with Crippen LogP contribution in [0.3, 0.4) is 0 Å². The highest BCUT2D eigenvalue weighted by atomic mass is 32.2. The molecule has 0 fully saturated rings. The molecule has 3 nitrogen and oxygen atoms in total. The van der Waals surface area contributed by atoms with Crippen molar-refractivity contribution in [3.8, 4) is 0 Å². The quantitative estimate of drug-likeness (QED) is 0.135. The third-order valence-corrected chi connectivity index (χ3v) is 8.40. The molecule has 2 aromatic heterocycles. The average Bonchev–Trinajstić information content (AvgIpc) is 2.91. The van der Waals surface area contributed by atoms with Crippen LogP contribution in [0.2, 0.25) is 0 Å². The molecule has 6 rings (SSSR count). The van der Waals surface area contributed by atoms with E-state index in [-0.39, 0.29) is 0 Å². The first-order chi connectivity index (χ1) is 17.4. The summed E-state index contributed by atoms with van der Waals surface area (Å²) in [5.41, 5.74) is 4.26. The van der Waals surface area contributed by atoms with E-state index in [0.717, 1.165) is 46.7 Å². The van der Waals surface area contributed by atoms with Gasteiger partial charge in [-0.3, -0.25) is 0 Å². The second-order valence-corrected chi connectivity index (χ2v) is 10.6. The Balaban J connectivity index is 1.10. The van der Waals surface area contributed by atoms with Gasteiger partial charge >= 0.3 is 0 Å². The molecule has 0 unspecified atom stereocenters. The summed E-state index contributed by atoms with van der Waals surface area (Å²) >= 11 is 3.84. The number of aromatic nitrogens is 2. The Morgan fingerprint density at radius 3 is 1.11 bits per heavy atom. The fourth-order valence-electron chi connectivity index (χ4n) is 4.49. The number of nitrogens with zero attached hydrogens (tertiary/aromatic N) is 2. The summed E-state index contributed by atoms with van der Waals surface area (Å²) in [5, 5.41) is 8.60. The summed E-state index contributed by atoms with van der Waals surface area (Å²) in [5.74, 6) is 2.04. The number of hydrogen-bond donors (Lipinski definition) is 1. The minimum Gasteiger partial charge on any atom is -0.315 e. The Bertz CT molecular complexity index is 1420. The summed E-state index contributed by atoms with van der Waals surface area (Å²) in [6.07, 6.45) is 0. The molecule has 35 heavy (non-hydrogen) atoms. The van der Waals surface area contributed by atoms with Crippen molar-refractivity contribution in [2.75, 3.05) is 24.6 Å². The van der Waals surface area contributed by atoms with Crippen LogP contribution in [0, 0.1) is 0 Å². The Labute approximate surface area is 213 Å². The zero-order chi connectivity index (χ0) is 23.5. The van der Waals surface area contributed by atoms with Gasteiger partial charge in [-0.2, -0.15) is 0 Å². The van der Waals surface area contributed by atoms with E-state index in [1.54, 1.807) is 0 Å². The molecular formula is C30H25N3S2. The van der Waals surface area contributed by atoms with Gasteiger partial charge in [0.1, 0.15) is 0 Å². The van der Waals surface area contributed by atoms with Crippen molar-refractivity contribution >= 4 is 67.1 Å². The first kappa shape index (κ1) is 22.4. The highest BCUT2D eigenvalue weighted by Gasteiger charge is 2.10. The smallest absolute Gasteiger partial charge is 0.0721 e. The molecule has 2 heterocycles. The molecule has 0 radical (unpaired) electrons. The molecule has 0 spiro atoms. The van der Waals surface area contributed by atoms with E-state index in [4.69, 9.17) is 9.97 Å². The Morgan fingerprint density at radius 2 is 0.771 bits per heavy atom. The van der Waals surface area contributed by atoms with E-state index in [9.17, 15) is 0 Å². The number of hydrogen-bond acceptors (Lipinski definition) is 5. The van der Waals surface area contributed by atoms with Crippen molar-refractivity contribution in [2.45, 2.75) is 9.79 Å². The zero-order valence-electron chi connectivity index (χ0n) is 19.3. The van der Waals surface area contributed by atoms with Crippen LogP contribution in [0.1, 0.15) is 0 Å². The standard InChI is InChI=1S/C30H25N3S2/c1-5-13-25-21(9-1)29(22-10-2-6-14-26(22)32-25)34-19-17-31-18-20-35-30-23-11-3-7-15-27(23)33-28-16-8-4-12-24(28)30/h1-16,31H,17-20H2. The van der Waals surface area contributed by atoms with Gasteiger partial charge in [-0.15, -0.1) is 23.5 Å². The predicted octanol–water partition coefficient (Wildman–Crippen LogP) is 7.56. The maximum Gasteiger partial charge on any atom is 0.0721 e. The molecule has 0 amide bonds. The third kappa shape index (κ3) is 4.59. The summed E-state index contributed by atoms with van der Waals surface area (Å²) in [4.78, 5) is 12.3. The highest BCUT2D eigenvalue weighted by molar-refractivity contribution is 8.00. The lowest BCUT2D eigenvalue weighted by molar-refractivity contribution is 0.774. The molecule has 0 aliphatic carbocycles. The van der Waals surface area contributed by atoms with Crippen LogP contribution in [0.5, 0.6) is 0 Å². The number of nitrogens with one attached hydrogen (secondary N) is 1. The second-order valence-electron chi connectivity index (χ2n) is 8.40. The van der Waals surface area contributed by atoms with E-state index in [2.05, 4.69) is 102 Å². The van der Waals surface area contributed by atoms with Gasteiger partial charge < -0.3 is 5.32 Å². The van der Waals surface area contributed by atoms with Crippen molar-refractivity contribution in [3.63, 3.8) is 0 Å². The molecule has 0 atom stereocenters. The lowest BCUT2D eigenvalue weighted by Crippen LogP contribution is -2.20. The van der Waals surface area contributed by atoms with Crippen molar-refractivity contribution < 1.29 is 0 Å². The fourth-order valence-corrected chi connectivity index (χ4v) is 6.70. The van der Waals surface area contributed by atoms with Gasteiger partial charge in [-0.25, -0.2) is 9.97 Å². The van der Waals surface area contributed by atoms with Crippen molar-refractivity contribution in [2.24, 2.45) is 0 Å². The molecule has 6 aromatic rings. The summed E-state index contributed by atoms with van der Waals surface area (Å²) < 4.78 is 0. The van der Waals surface area contributed by atoms with Gasteiger partial charge in [-0.1, -0.05) is 72.8 Å². The maximum atomic E-state index is 4.84. The van der Waals surface area contributed by atoms with E-state index >= 15 is 0 Å². The number of thioether (sulfide) groups is 2. The second kappa shape index (κ2) is 10.2. The summed E-state index contributed by atoms with van der Waals surface area (Å²) in [7, 11) is 0. The lowest BCUT2D eigenvalue weighted by Gasteiger charge is -2.12. The average molecular weight is 492 g/mol. The third-order valence-electron chi connectivity index (χ3n) is 6.13. The molecule has 0 bridgehead atoms. The number of pyridine rings is 2. The van der Waals surface area contributed by atoms with Crippen LogP contribution in [0.15, 0.2) is 107 Å². The minimum absolute atomic E-state index is 0.966. The van der Waals surface area contributed by atoms with Crippen LogP contribution in [0.25, 0.3) is 43.6 Å². The van der Waals surface area contributed by atoms with Gasteiger partial charge in [0.25, 0.3) is 0 Å². The predicted molar refractivity (Wildman–Crippen MR) is 153 cm³/mol. The molecule has 0 aliphatic rings. The van der Waals surface area contributed by atoms with Crippen LogP contribution in [-0.4, -0.2) is 34.6 Å². The number of para-hydroxylation sites is 4. The lowest BCUT2D eigenvalue weighted by atomic mass is 10.1. The van der Waals surface area contributed by atoms with Gasteiger partial charge in [0.05, 0.1) is 22.1 Å². The topological polar surface area (TPSA) is 37.8 Å². The van der Waals surface area contributed by atoms with Crippen LogP contribution < -0.4 is 5.32 Å². The largest absolute Gasteiger partial charge is 0.315 e. The van der Waals surface area contributed by atoms with Crippen molar-refractivity contribution in [3.05, 3.63) is 97.1 Å². The highest BCUT2D eigenvalue weighted by Crippen LogP contribution is 2.35. The van der Waals surface area contributed by atoms with E-state index in [0.29, 0.717) is 0 Å². The molecule has 172 valence electrons. The maximum absolute atomic E-state index is 4.84. The fraction of sp³-hybridized carbons (Fsp3) is 0.133. The van der Waals surface area contributed by atoms with Crippen molar-refractivity contribution in [1.29, 1.82) is 0 Å².